The second-order valence-electron chi connectivity index (χ2n) is 8.55. The molecule has 0 saturated carbocycles. The lowest BCUT2D eigenvalue weighted by Crippen LogP contribution is -2.70. The summed E-state index contributed by atoms with van der Waals surface area (Å²) in [7, 11) is 0. The number of benzene rings is 1. The Labute approximate surface area is 230 Å². The SMILES string of the molecule is CCc1ccc(OCc2ccc(C(=O)N[C@@H]3C(=O)N4C(C(=O)O)=C(CSc5nnc(C)s5)CS[C@H]34)o2)cc1. The van der Waals surface area contributed by atoms with E-state index >= 15 is 0 Å². The third kappa shape index (κ3) is 5.45. The molecule has 2 aromatic heterocycles. The van der Waals surface area contributed by atoms with E-state index in [1.807, 2.05) is 31.2 Å². The minimum atomic E-state index is -1.17. The number of amides is 2. The number of aromatic nitrogens is 2. The van der Waals surface area contributed by atoms with Crippen molar-refractivity contribution in [3.05, 3.63) is 69.8 Å². The number of ether oxygens (including phenoxy) is 1. The zero-order valence-corrected chi connectivity index (χ0v) is 23.0. The van der Waals surface area contributed by atoms with E-state index in [2.05, 4.69) is 22.4 Å². The Balaban J connectivity index is 1.19. The maximum Gasteiger partial charge on any atom is 0.352 e. The Morgan fingerprint density at radius 1 is 1.24 bits per heavy atom. The van der Waals surface area contributed by atoms with E-state index in [0.29, 0.717) is 28.6 Å². The molecular formula is C25H24N4O6S3. The van der Waals surface area contributed by atoms with Crippen LogP contribution in [0.15, 0.2) is 56.4 Å². The Kier molecular flexibility index (Phi) is 7.77. The summed E-state index contributed by atoms with van der Waals surface area (Å²) in [4.78, 5) is 39.0. The van der Waals surface area contributed by atoms with Crippen LogP contribution < -0.4 is 10.1 Å². The van der Waals surface area contributed by atoms with Gasteiger partial charge in [-0.3, -0.25) is 14.5 Å². The molecule has 2 aliphatic rings. The van der Waals surface area contributed by atoms with Gasteiger partial charge in [0.1, 0.15) is 40.2 Å². The standard InChI is InChI=1S/C25H24N4O6S3/c1-3-14-4-6-16(7-5-14)34-10-17-8-9-18(35-17)21(30)26-19-22(31)29-20(24(32)33)15(11-36-23(19)29)12-37-25-28-27-13(2)38-25/h4-9,19,23H,3,10-12H2,1-2H3,(H,26,30)(H,32,33)/t19-,23-/m1/s1. The van der Waals surface area contributed by atoms with Gasteiger partial charge in [0.25, 0.3) is 11.8 Å². The number of carbonyl (C=O) groups excluding carboxylic acids is 2. The van der Waals surface area contributed by atoms with Crippen molar-refractivity contribution in [3.8, 4) is 5.75 Å². The molecule has 2 atom stereocenters. The van der Waals surface area contributed by atoms with Crippen molar-refractivity contribution in [1.82, 2.24) is 20.4 Å². The smallest absolute Gasteiger partial charge is 0.352 e. The highest BCUT2D eigenvalue weighted by atomic mass is 32.2. The number of furan rings is 1. The van der Waals surface area contributed by atoms with Crippen LogP contribution in [0.2, 0.25) is 0 Å². The summed E-state index contributed by atoms with van der Waals surface area (Å²) in [6.07, 6.45) is 0.941. The molecule has 5 rings (SSSR count). The second-order valence-corrected chi connectivity index (χ2v) is 12.1. The zero-order valence-electron chi connectivity index (χ0n) is 20.5. The minimum Gasteiger partial charge on any atom is -0.486 e. The van der Waals surface area contributed by atoms with Crippen molar-refractivity contribution in [3.63, 3.8) is 0 Å². The lowest BCUT2D eigenvalue weighted by atomic mass is 10.0. The molecule has 0 spiro atoms. The van der Waals surface area contributed by atoms with Gasteiger partial charge in [0.05, 0.1) is 0 Å². The fourth-order valence-corrected chi connectivity index (χ4v) is 7.35. The number of aliphatic carboxylic acids is 1. The van der Waals surface area contributed by atoms with E-state index in [1.165, 1.54) is 51.4 Å². The van der Waals surface area contributed by atoms with Gasteiger partial charge >= 0.3 is 5.97 Å². The summed E-state index contributed by atoms with van der Waals surface area (Å²) in [6, 6.07) is 10.1. The maximum absolute atomic E-state index is 12.9. The first-order chi connectivity index (χ1) is 18.3. The normalized spacial score (nSPS) is 18.7. The minimum absolute atomic E-state index is 0.0256. The fourth-order valence-electron chi connectivity index (χ4n) is 4.05. The number of rotatable bonds is 10. The molecule has 198 valence electrons. The van der Waals surface area contributed by atoms with Crippen molar-refractivity contribution in [2.24, 2.45) is 0 Å². The average molecular weight is 573 g/mol. The van der Waals surface area contributed by atoms with Crippen LogP contribution in [0.4, 0.5) is 0 Å². The van der Waals surface area contributed by atoms with Gasteiger partial charge in [0.15, 0.2) is 10.1 Å². The topological polar surface area (TPSA) is 135 Å². The highest BCUT2D eigenvalue weighted by Crippen LogP contribution is 2.42. The molecule has 1 aromatic carbocycles. The van der Waals surface area contributed by atoms with Gasteiger partial charge in [-0.2, -0.15) is 0 Å². The monoisotopic (exact) mass is 572 g/mol. The van der Waals surface area contributed by atoms with Crippen LogP contribution in [0.1, 0.15) is 33.8 Å². The lowest BCUT2D eigenvalue weighted by molar-refractivity contribution is -0.148. The van der Waals surface area contributed by atoms with Crippen LogP contribution in [0.5, 0.6) is 5.75 Å². The summed E-state index contributed by atoms with van der Waals surface area (Å²) in [5.74, 6) is -0.160. The van der Waals surface area contributed by atoms with Gasteiger partial charge in [-0.05, 0) is 48.7 Å². The Hall–Kier alpha value is -3.29. The molecule has 0 unspecified atom stereocenters. The van der Waals surface area contributed by atoms with Crippen molar-refractivity contribution < 1.29 is 28.6 Å². The predicted molar refractivity (Wildman–Crippen MR) is 143 cm³/mol. The molecule has 4 heterocycles. The number of carboxylic acid groups (broad SMARTS) is 1. The molecule has 38 heavy (non-hydrogen) atoms. The second kappa shape index (κ2) is 11.2. The van der Waals surface area contributed by atoms with Gasteiger partial charge in [0.2, 0.25) is 0 Å². The Morgan fingerprint density at radius 3 is 2.71 bits per heavy atom. The number of hydrogen-bond donors (Lipinski definition) is 2. The highest BCUT2D eigenvalue weighted by Gasteiger charge is 2.54. The molecule has 0 radical (unpaired) electrons. The van der Waals surface area contributed by atoms with Crippen LogP contribution in [0.25, 0.3) is 0 Å². The number of fused-ring (bicyclic) bond motifs is 1. The molecule has 10 nitrogen and oxygen atoms in total. The third-order valence-electron chi connectivity index (χ3n) is 6.01. The van der Waals surface area contributed by atoms with Crippen LogP contribution in [-0.2, 0) is 22.6 Å². The molecule has 1 fully saturated rings. The highest BCUT2D eigenvalue weighted by molar-refractivity contribution is 8.01. The van der Waals surface area contributed by atoms with Crippen LogP contribution in [0, 0.1) is 6.92 Å². The molecule has 1 saturated heterocycles. The number of thioether (sulfide) groups is 2. The molecule has 3 aromatic rings. The van der Waals surface area contributed by atoms with E-state index in [0.717, 1.165) is 15.8 Å². The number of aryl methyl sites for hydroxylation is 2. The summed E-state index contributed by atoms with van der Waals surface area (Å²) in [5, 5.41) is 20.9. The fraction of sp³-hybridized carbons (Fsp3) is 0.320. The summed E-state index contributed by atoms with van der Waals surface area (Å²) in [5.41, 5.74) is 1.82. The summed E-state index contributed by atoms with van der Waals surface area (Å²) in [6.45, 7) is 4.08. The molecule has 0 bridgehead atoms. The first-order valence-corrected chi connectivity index (χ1v) is 14.6. The van der Waals surface area contributed by atoms with Crippen molar-refractivity contribution >= 4 is 52.6 Å². The van der Waals surface area contributed by atoms with E-state index in [1.54, 1.807) is 6.07 Å². The largest absolute Gasteiger partial charge is 0.486 e. The first kappa shape index (κ1) is 26.3. The quantitative estimate of drug-likeness (QED) is 0.273. The number of nitrogens with one attached hydrogen (secondary N) is 1. The first-order valence-electron chi connectivity index (χ1n) is 11.8. The van der Waals surface area contributed by atoms with E-state index in [-0.39, 0.29) is 18.1 Å². The van der Waals surface area contributed by atoms with E-state index < -0.39 is 29.2 Å². The van der Waals surface area contributed by atoms with Crippen LogP contribution in [0.3, 0.4) is 0 Å². The number of hydrogen-bond acceptors (Lipinski definition) is 10. The molecule has 2 aliphatic heterocycles. The van der Waals surface area contributed by atoms with Crippen LogP contribution >= 0.6 is 34.9 Å². The number of carbonyl (C=O) groups is 3. The van der Waals surface area contributed by atoms with E-state index in [4.69, 9.17) is 9.15 Å². The molecule has 0 aliphatic carbocycles. The van der Waals surface area contributed by atoms with Crippen LogP contribution in [-0.4, -0.2) is 60.9 Å². The predicted octanol–water partition coefficient (Wildman–Crippen LogP) is 3.73. The van der Waals surface area contributed by atoms with Gasteiger partial charge in [0, 0.05) is 11.5 Å². The Bertz CT molecular complexity index is 1400. The number of carboxylic acids is 1. The van der Waals surface area contributed by atoms with E-state index in [9.17, 15) is 19.5 Å². The van der Waals surface area contributed by atoms with Gasteiger partial charge in [-0.15, -0.1) is 22.0 Å². The third-order valence-corrected chi connectivity index (χ3v) is 9.41. The summed E-state index contributed by atoms with van der Waals surface area (Å²) >= 11 is 4.24. The molecular weight excluding hydrogens is 548 g/mol. The lowest BCUT2D eigenvalue weighted by Gasteiger charge is -2.49. The Morgan fingerprint density at radius 2 is 2.03 bits per heavy atom. The maximum atomic E-state index is 12.9. The number of nitrogens with zero attached hydrogens (tertiary/aromatic N) is 3. The van der Waals surface area contributed by atoms with Crippen molar-refractivity contribution in [2.45, 2.75) is 42.6 Å². The van der Waals surface area contributed by atoms with Gasteiger partial charge in [-0.25, -0.2) is 4.79 Å². The molecule has 2 N–H and O–H groups in total. The van der Waals surface area contributed by atoms with Crippen molar-refractivity contribution in [1.29, 1.82) is 0 Å². The molecule has 2 amide bonds. The summed E-state index contributed by atoms with van der Waals surface area (Å²) < 4.78 is 12.1. The number of β-lactam (4-membered cyclic amide) rings is 1. The van der Waals surface area contributed by atoms with Crippen molar-refractivity contribution in [2.75, 3.05) is 11.5 Å². The molecule has 13 heteroatoms. The average Bonchev–Trinajstić information content (AvgIpc) is 3.57. The van der Waals surface area contributed by atoms with Gasteiger partial charge in [-0.1, -0.05) is 42.2 Å². The van der Waals surface area contributed by atoms with Gasteiger partial charge < -0.3 is 19.6 Å². The zero-order chi connectivity index (χ0) is 26.8.